The number of benzene rings is 1. The van der Waals surface area contributed by atoms with Gasteiger partial charge in [-0.2, -0.15) is 0 Å². The Morgan fingerprint density at radius 1 is 1.24 bits per heavy atom. The van der Waals surface area contributed by atoms with E-state index < -0.39 is 0 Å². The molecule has 1 N–H and O–H groups in total. The second-order valence-electron chi connectivity index (χ2n) is 5.16. The fourth-order valence-electron chi connectivity index (χ4n) is 2.63. The molecule has 2 rings (SSSR count). The van der Waals surface area contributed by atoms with Crippen LogP contribution in [0.4, 0.5) is 0 Å². The number of hydrogen-bond acceptors (Lipinski definition) is 2. The fraction of sp³-hybridized carbons (Fsp3) is 0.600. The summed E-state index contributed by atoms with van der Waals surface area (Å²) in [5.74, 6) is 1.05. The van der Waals surface area contributed by atoms with Crippen LogP contribution in [-0.2, 0) is 0 Å². The molecule has 0 aromatic heterocycles. The molecule has 94 valence electrons. The molecule has 1 aromatic rings. The van der Waals surface area contributed by atoms with E-state index in [9.17, 15) is 0 Å². The average molecular weight is 233 g/mol. The Balaban J connectivity index is 2.00. The molecule has 0 aliphatic heterocycles. The Hall–Kier alpha value is -1.02. The van der Waals surface area contributed by atoms with Gasteiger partial charge in [-0.25, -0.2) is 0 Å². The summed E-state index contributed by atoms with van der Waals surface area (Å²) in [6, 6.07) is 7.04. The zero-order valence-electron chi connectivity index (χ0n) is 11.1. The predicted molar refractivity (Wildman–Crippen MR) is 71.6 cm³/mol. The Bertz CT molecular complexity index is 375. The van der Waals surface area contributed by atoms with Gasteiger partial charge in [0.05, 0.1) is 0 Å². The van der Waals surface area contributed by atoms with Crippen molar-refractivity contribution in [2.75, 3.05) is 7.05 Å². The van der Waals surface area contributed by atoms with E-state index in [1.165, 1.54) is 30.4 Å². The van der Waals surface area contributed by atoms with Gasteiger partial charge < -0.3 is 10.1 Å². The molecule has 0 radical (unpaired) electrons. The van der Waals surface area contributed by atoms with Gasteiger partial charge in [0.1, 0.15) is 11.9 Å². The topological polar surface area (TPSA) is 21.3 Å². The van der Waals surface area contributed by atoms with Crippen LogP contribution in [0.15, 0.2) is 18.2 Å². The van der Waals surface area contributed by atoms with Crippen LogP contribution < -0.4 is 10.1 Å². The van der Waals surface area contributed by atoms with E-state index in [0.717, 1.165) is 12.2 Å². The van der Waals surface area contributed by atoms with Gasteiger partial charge in [0.2, 0.25) is 0 Å². The minimum Gasteiger partial charge on any atom is -0.490 e. The summed E-state index contributed by atoms with van der Waals surface area (Å²) < 4.78 is 6.13. The quantitative estimate of drug-likeness (QED) is 0.865. The largest absolute Gasteiger partial charge is 0.490 e. The van der Waals surface area contributed by atoms with Crippen LogP contribution in [0.2, 0.25) is 0 Å². The van der Waals surface area contributed by atoms with Crippen LogP contribution in [0.25, 0.3) is 0 Å². The number of ether oxygens (including phenoxy) is 1. The second-order valence-corrected chi connectivity index (χ2v) is 5.16. The van der Waals surface area contributed by atoms with Crippen molar-refractivity contribution in [1.29, 1.82) is 0 Å². The molecule has 2 heteroatoms. The monoisotopic (exact) mass is 233 g/mol. The predicted octanol–water partition coefficient (Wildman–Crippen LogP) is 3.21. The van der Waals surface area contributed by atoms with E-state index in [1.807, 2.05) is 7.05 Å². The third-order valence-electron chi connectivity index (χ3n) is 3.66. The molecule has 0 saturated heterocycles. The molecule has 0 amide bonds. The zero-order valence-corrected chi connectivity index (χ0v) is 11.1. The summed E-state index contributed by atoms with van der Waals surface area (Å²) in [5, 5.41) is 3.36. The molecule has 1 aromatic carbocycles. The van der Waals surface area contributed by atoms with Crippen molar-refractivity contribution in [3.8, 4) is 5.75 Å². The third-order valence-corrected chi connectivity index (χ3v) is 3.66. The van der Waals surface area contributed by atoms with Gasteiger partial charge in [-0.1, -0.05) is 17.7 Å². The molecule has 17 heavy (non-hydrogen) atoms. The molecule has 2 unspecified atom stereocenters. The molecular weight excluding hydrogens is 210 g/mol. The summed E-state index contributed by atoms with van der Waals surface area (Å²) in [5.41, 5.74) is 2.54. The Morgan fingerprint density at radius 2 is 2.06 bits per heavy atom. The van der Waals surface area contributed by atoms with Gasteiger partial charge in [-0.05, 0) is 58.2 Å². The fourth-order valence-corrected chi connectivity index (χ4v) is 2.63. The van der Waals surface area contributed by atoms with E-state index in [4.69, 9.17) is 4.74 Å². The average Bonchev–Trinajstić information content (AvgIpc) is 2.33. The second kappa shape index (κ2) is 5.54. The van der Waals surface area contributed by atoms with Gasteiger partial charge in [-0.15, -0.1) is 0 Å². The van der Waals surface area contributed by atoms with Gasteiger partial charge in [-0.3, -0.25) is 0 Å². The van der Waals surface area contributed by atoms with Crippen LogP contribution in [0.1, 0.15) is 36.8 Å². The van der Waals surface area contributed by atoms with Crippen LogP contribution in [0, 0.1) is 13.8 Å². The van der Waals surface area contributed by atoms with E-state index in [2.05, 4.69) is 37.4 Å². The lowest BCUT2D eigenvalue weighted by atomic mass is 9.93. The first kappa shape index (κ1) is 12.4. The smallest absolute Gasteiger partial charge is 0.122 e. The summed E-state index contributed by atoms with van der Waals surface area (Å²) in [4.78, 5) is 0. The van der Waals surface area contributed by atoms with Crippen molar-refractivity contribution >= 4 is 0 Å². The molecule has 0 spiro atoms. The summed E-state index contributed by atoms with van der Waals surface area (Å²) in [6.45, 7) is 4.25. The highest BCUT2D eigenvalue weighted by molar-refractivity contribution is 5.35. The van der Waals surface area contributed by atoms with E-state index in [0.29, 0.717) is 12.1 Å². The van der Waals surface area contributed by atoms with Crippen molar-refractivity contribution in [2.24, 2.45) is 0 Å². The van der Waals surface area contributed by atoms with E-state index in [-0.39, 0.29) is 0 Å². The van der Waals surface area contributed by atoms with Crippen LogP contribution >= 0.6 is 0 Å². The normalized spacial score (nSPS) is 24.6. The first-order chi connectivity index (χ1) is 8.19. The molecular formula is C15H23NO. The van der Waals surface area contributed by atoms with Crippen molar-refractivity contribution in [2.45, 2.75) is 51.7 Å². The van der Waals surface area contributed by atoms with Crippen molar-refractivity contribution in [1.82, 2.24) is 5.32 Å². The van der Waals surface area contributed by atoms with Gasteiger partial charge >= 0.3 is 0 Å². The number of nitrogens with one attached hydrogen (secondary N) is 1. The highest BCUT2D eigenvalue weighted by atomic mass is 16.5. The van der Waals surface area contributed by atoms with Gasteiger partial charge in [0.15, 0.2) is 0 Å². The first-order valence-corrected chi connectivity index (χ1v) is 6.60. The van der Waals surface area contributed by atoms with Gasteiger partial charge in [0, 0.05) is 6.04 Å². The molecule has 0 bridgehead atoms. The van der Waals surface area contributed by atoms with E-state index >= 15 is 0 Å². The number of rotatable bonds is 3. The summed E-state index contributed by atoms with van der Waals surface area (Å²) in [7, 11) is 2.05. The van der Waals surface area contributed by atoms with Gasteiger partial charge in [0.25, 0.3) is 0 Å². The molecule has 1 aliphatic carbocycles. The minimum atomic E-state index is 0.377. The first-order valence-electron chi connectivity index (χ1n) is 6.60. The lowest BCUT2D eigenvalue weighted by Gasteiger charge is -2.29. The SMILES string of the molecule is CNC1CCCC(Oc2ccc(C)cc2C)C1. The molecule has 1 aliphatic rings. The zero-order chi connectivity index (χ0) is 12.3. The van der Waals surface area contributed by atoms with Crippen molar-refractivity contribution in [3.63, 3.8) is 0 Å². The Morgan fingerprint density at radius 3 is 2.76 bits per heavy atom. The molecule has 1 saturated carbocycles. The van der Waals surface area contributed by atoms with Crippen LogP contribution in [0.3, 0.4) is 0 Å². The maximum atomic E-state index is 6.13. The van der Waals surface area contributed by atoms with Crippen molar-refractivity contribution in [3.05, 3.63) is 29.3 Å². The lowest BCUT2D eigenvalue weighted by Crippen LogP contribution is -2.36. The summed E-state index contributed by atoms with van der Waals surface area (Å²) >= 11 is 0. The maximum Gasteiger partial charge on any atom is 0.122 e. The molecule has 2 atom stereocenters. The Labute approximate surface area is 104 Å². The molecule has 0 heterocycles. The number of hydrogen-bond donors (Lipinski definition) is 1. The van der Waals surface area contributed by atoms with Crippen LogP contribution in [0.5, 0.6) is 5.75 Å². The van der Waals surface area contributed by atoms with E-state index in [1.54, 1.807) is 0 Å². The standard InChI is InChI=1S/C15H23NO/c1-11-7-8-15(12(2)9-11)17-14-6-4-5-13(10-14)16-3/h7-9,13-14,16H,4-6,10H2,1-3H3. The maximum absolute atomic E-state index is 6.13. The van der Waals surface area contributed by atoms with Crippen LogP contribution in [-0.4, -0.2) is 19.2 Å². The summed E-state index contributed by atoms with van der Waals surface area (Å²) in [6.07, 6.45) is 5.24. The number of aryl methyl sites for hydroxylation is 2. The highest BCUT2D eigenvalue weighted by Gasteiger charge is 2.22. The molecule has 2 nitrogen and oxygen atoms in total. The third kappa shape index (κ3) is 3.22. The minimum absolute atomic E-state index is 0.377. The molecule has 1 fully saturated rings. The Kier molecular flexibility index (Phi) is 4.06. The highest BCUT2D eigenvalue weighted by Crippen LogP contribution is 2.26. The van der Waals surface area contributed by atoms with Crippen molar-refractivity contribution < 1.29 is 4.74 Å². The lowest BCUT2D eigenvalue weighted by molar-refractivity contribution is 0.136.